The number of hydrogen-bond acceptors (Lipinski definition) is 2. The van der Waals surface area contributed by atoms with Gasteiger partial charge in [0, 0.05) is 18.0 Å². The van der Waals surface area contributed by atoms with Crippen molar-refractivity contribution >= 4 is 40.8 Å². The van der Waals surface area contributed by atoms with Crippen molar-refractivity contribution in [3.05, 3.63) is 63.6 Å². The summed E-state index contributed by atoms with van der Waals surface area (Å²) >= 11 is 12.1. The van der Waals surface area contributed by atoms with Crippen LogP contribution in [0.15, 0.2) is 42.5 Å². The number of halogens is 2. The lowest BCUT2D eigenvalue weighted by molar-refractivity contribution is -0.119. The molecule has 0 N–H and O–H groups in total. The highest BCUT2D eigenvalue weighted by atomic mass is 35.5. The topological polar surface area (TPSA) is 40.6 Å². The van der Waals surface area contributed by atoms with Crippen LogP contribution in [0.5, 0.6) is 0 Å². The predicted octanol–water partition coefficient (Wildman–Crippen LogP) is 3.89. The monoisotopic (exact) mass is 346 g/mol. The van der Waals surface area contributed by atoms with Crippen LogP contribution < -0.4 is 4.90 Å². The largest absolute Gasteiger partial charge is 0.332 e. The van der Waals surface area contributed by atoms with Crippen molar-refractivity contribution in [1.29, 1.82) is 0 Å². The minimum absolute atomic E-state index is 0.242. The molecule has 2 aliphatic rings. The fourth-order valence-electron chi connectivity index (χ4n) is 3.20. The molecule has 0 aromatic heterocycles. The maximum atomic E-state index is 12.8. The fraction of sp³-hybridized carbons (Fsp3) is 0.176. The van der Waals surface area contributed by atoms with Crippen LogP contribution in [0.1, 0.15) is 11.1 Å². The molecule has 6 heteroatoms. The van der Waals surface area contributed by atoms with E-state index >= 15 is 0 Å². The van der Waals surface area contributed by atoms with E-state index in [1.807, 2.05) is 24.3 Å². The molecule has 2 aliphatic heterocycles. The van der Waals surface area contributed by atoms with Gasteiger partial charge in [0.25, 0.3) is 5.91 Å². The molecule has 2 aromatic carbocycles. The standard InChI is InChI=1S/C17H12Cl2N2O2/c18-12-5-6-14(13(19)8-12)21-16(22)15-7-10-3-1-2-4-11(10)9-20(15)17(21)23/h1-6,8,15H,7,9H2. The smallest absolute Gasteiger partial charge is 0.307 e. The number of amides is 3. The van der Waals surface area contributed by atoms with E-state index in [0.29, 0.717) is 23.7 Å². The Hall–Kier alpha value is -2.04. The number of fused-ring (bicyclic) bond motifs is 2. The van der Waals surface area contributed by atoms with Crippen molar-refractivity contribution in [2.45, 2.75) is 19.0 Å². The minimum Gasteiger partial charge on any atom is -0.307 e. The van der Waals surface area contributed by atoms with Crippen LogP contribution in [0.4, 0.5) is 10.5 Å². The zero-order valence-corrected chi connectivity index (χ0v) is 13.5. The van der Waals surface area contributed by atoms with E-state index in [1.54, 1.807) is 17.0 Å². The first kappa shape index (κ1) is 14.5. The molecule has 2 heterocycles. The summed E-state index contributed by atoms with van der Waals surface area (Å²) in [7, 11) is 0. The normalized spacial score (nSPS) is 19.8. The van der Waals surface area contributed by atoms with E-state index in [4.69, 9.17) is 23.2 Å². The van der Waals surface area contributed by atoms with E-state index in [2.05, 4.69) is 0 Å². The quantitative estimate of drug-likeness (QED) is 0.735. The molecule has 0 aliphatic carbocycles. The van der Waals surface area contributed by atoms with Gasteiger partial charge in [-0.2, -0.15) is 0 Å². The summed E-state index contributed by atoms with van der Waals surface area (Å²) in [5.74, 6) is -0.242. The Morgan fingerprint density at radius 2 is 1.74 bits per heavy atom. The van der Waals surface area contributed by atoms with Gasteiger partial charge in [0.2, 0.25) is 0 Å². The van der Waals surface area contributed by atoms with Crippen LogP contribution in [0.3, 0.4) is 0 Å². The Bertz CT molecular complexity index is 794. The number of carbonyl (C=O) groups is 2. The predicted molar refractivity (Wildman–Crippen MR) is 88.8 cm³/mol. The summed E-state index contributed by atoms with van der Waals surface area (Å²) in [6.07, 6.45) is 0.530. The van der Waals surface area contributed by atoms with Crippen LogP contribution in [0, 0.1) is 0 Å². The van der Waals surface area contributed by atoms with Gasteiger partial charge in [0.05, 0.1) is 10.7 Å². The summed E-state index contributed by atoms with van der Waals surface area (Å²) in [6, 6.07) is 11.8. The third kappa shape index (κ3) is 2.21. The van der Waals surface area contributed by atoms with Crippen molar-refractivity contribution in [1.82, 2.24) is 4.90 Å². The number of carbonyl (C=O) groups excluding carboxylic acids is 2. The number of imide groups is 1. The number of rotatable bonds is 1. The van der Waals surface area contributed by atoms with Crippen molar-refractivity contribution in [2.24, 2.45) is 0 Å². The first-order valence-corrected chi connectivity index (χ1v) is 7.98. The molecule has 0 bridgehead atoms. The van der Waals surface area contributed by atoms with Gasteiger partial charge >= 0.3 is 6.03 Å². The third-order valence-electron chi connectivity index (χ3n) is 4.34. The maximum absolute atomic E-state index is 12.8. The SMILES string of the molecule is O=C1C2Cc3ccccc3CN2C(=O)N1c1ccc(Cl)cc1Cl. The van der Waals surface area contributed by atoms with Gasteiger partial charge in [-0.05, 0) is 29.3 Å². The molecule has 3 amide bonds. The molecular weight excluding hydrogens is 335 g/mol. The van der Waals surface area contributed by atoms with Gasteiger partial charge in [-0.25, -0.2) is 9.69 Å². The van der Waals surface area contributed by atoms with E-state index < -0.39 is 6.04 Å². The molecule has 1 atom stereocenters. The summed E-state index contributed by atoms with van der Waals surface area (Å²) < 4.78 is 0. The van der Waals surface area contributed by atoms with Crippen LogP contribution >= 0.6 is 23.2 Å². The van der Waals surface area contributed by atoms with Crippen molar-refractivity contribution in [3.63, 3.8) is 0 Å². The fourth-order valence-corrected chi connectivity index (χ4v) is 3.69. The van der Waals surface area contributed by atoms with Gasteiger partial charge in [0.1, 0.15) is 6.04 Å². The van der Waals surface area contributed by atoms with Gasteiger partial charge < -0.3 is 4.90 Å². The van der Waals surface area contributed by atoms with Gasteiger partial charge in [0.15, 0.2) is 0 Å². The van der Waals surface area contributed by atoms with Gasteiger partial charge in [-0.1, -0.05) is 47.5 Å². The van der Waals surface area contributed by atoms with Crippen LogP contribution in [-0.4, -0.2) is 22.9 Å². The van der Waals surface area contributed by atoms with Gasteiger partial charge in [-0.15, -0.1) is 0 Å². The summed E-state index contributed by atoms with van der Waals surface area (Å²) in [5, 5.41) is 0.750. The zero-order chi connectivity index (χ0) is 16.1. The molecule has 1 saturated heterocycles. The van der Waals surface area contributed by atoms with E-state index in [-0.39, 0.29) is 17.0 Å². The molecule has 0 spiro atoms. The summed E-state index contributed by atoms with van der Waals surface area (Å²) in [4.78, 5) is 28.3. The number of nitrogens with zero attached hydrogens (tertiary/aromatic N) is 2. The number of hydrogen-bond donors (Lipinski definition) is 0. The third-order valence-corrected chi connectivity index (χ3v) is 4.88. The first-order valence-electron chi connectivity index (χ1n) is 7.22. The Morgan fingerprint density at radius 1 is 1.00 bits per heavy atom. The Labute approximate surface area is 143 Å². The second-order valence-corrected chi connectivity index (χ2v) is 6.51. The molecule has 0 radical (unpaired) electrons. The average Bonchev–Trinajstić information content (AvgIpc) is 2.77. The molecule has 4 rings (SSSR count). The summed E-state index contributed by atoms with van der Waals surface area (Å²) in [5.41, 5.74) is 2.57. The highest BCUT2D eigenvalue weighted by Gasteiger charge is 2.48. The molecular formula is C17H12Cl2N2O2. The lowest BCUT2D eigenvalue weighted by Gasteiger charge is -2.28. The molecule has 0 saturated carbocycles. The highest BCUT2D eigenvalue weighted by molar-refractivity contribution is 6.38. The molecule has 23 heavy (non-hydrogen) atoms. The lowest BCUT2D eigenvalue weighted by atomic mass is 9.95. The molecule has 1 fully saturated rings. The van der Waals surface area contributed by atoms with Gasteiger partial charge in [-0.3, -0.25) is 4.79 Å². The molecule has 4 nitrogen and oxygen atoms in total. The maximum Gasteiger partial charge on any atom is 0.332 e. The molecule has 2 aromatic rings. The van der Waals surface area contributed by atoms with E-state index in [9.17, 15) is 9.59 Å². The number of urea groups is 1. The summed E-state index contributed by atoms with van der Waals surface area (Å²) in [6.45, 7) is 0.438. The second kappa shape index (κ2) is 5.25. The Balaban J connectivity index is 1.74. The molecule has 116 valence electrons. The Morgan fingerprint density at radius 3 is 2.48 bits per heavy atom. The van der Waals surface area contributed by atoms with Crippen molar-refractivity contribution < 1.29 is 9.59 Å². The molecule has 1 unspecified atom stereocenters. The van der Waals surface area contributed by atoms with Crippen LogP contribution in [-0.2, 0) is 17.8 Å². The van der Waals surface area contributed by atoms with E-state index in [1.165, 1.54) is 6.07 Å². The van der Waals surface area contributed by atoms with Crippen molar-refractivity contribution in [3.8, 4) is 0 Å². The Kier molecular flexibility index (Phi) is 3.32. The first-order chi connectivity index (χ1) is 11.1. The number of benzene rings is 2. The average molecular weight is 347 g/mol. The lowest BCUT2D eigenvalue weighted by Crippen LogP contribution is -2.39. The van der Waals surface area contributed by atoms with Crippen LogP contribution in [0.2, 0.25) is 10.0 Å². The second-order valence-electron chi connectivity index (χ2n) is 5.67. The highest BCUT2D eigenvalue weighted by Crippen LogP contribution is 2.36. The zero-order valence-electron chi connectivity index (χ0n) is 12.0. The number of anilines is 1. The van der Waals surface area contributed by atoms with Crippen LogP contribution in [0.25, 0.3) is 0 Å². The van der Waals surface area contributed by atoms with E-state index in [0.717, 1.165) is 16.0 Å². The minimum atomic E-state index is -0.468. The van der Waals surface area contributed by atoms with Crippen molar-refractivity contribution in [2.75, 3.05) is 4.90 Å².